The number of benzene rings is 1. The molecular weight excluding hydrogens is 258 g/mol. The summed E-state index contributed by atoms with van der Waals surface area (Å²) in [5, 5.41) is 2.48. The SMILES string of the molecule is CC(C)C[C@H](NC=O)C(=O)Oc1ccccc1.[Ca+2].[H-].[H-]. The monoisotopic (exact) mass is 277 g/mol. The molecule has 0 bridgehead atoms. The maximum absolute atomic E-state index is 11.8. The van der Waals surface area contributed by atoms with E-state index in [1.54, 1.807) is 24.3 Å². The van der Waals surface area contributed by atoms with Crippen molar-refractivity contribution >= 4 is 50.1 Å². The second-order valence-electron chi connectivity index (χ2n) is 4.20. The van der Waals surface area contributed by atoms with Gasteiger partial charge < -0.3 is 12.9 Å². The number of para-hydroxylation sites is 1. The summed E-state index contributed by atoms with van der Waals surface area (Å²) in [4.78, 5) is 22.2. The number of carbonyl (C=O) groups is 2. The predicted octanol–water partition coefficient (Wildman–Crippen LogP) is 1.60. The molecule has 0 unspecified atom stereocenters. The van der Waals surface area contributed by atoms with Crippen LogP contribution in [0.3, 0.4) is 0 Å². The van der Waals surface area contributed by atoms with E-state index < -0.39 is 12.0 Å². The third-order valence-corrected chi connectivity index (χ3v) is 2.22. The standard InChI is InChI=1S/C13H17NO3.Ca.2H/c1-10(2)8-12(14-9-15)13(16)17-11-6-4-3-5-7-11;;;/h3-7,9-10,12H,8H2,1-2H3,(H,14,15);;;/q;+2;2*-1/t12-;;;/m0.../s1. The van der Waals surface area contributed by atoms with E-state index in [0.29, 0.717) is 24.5 Å². The molecule has 0 aliphatic heterocycles. The predicted molar refractivity (Wildman–Crippen MR) is 72.5 cm³/mol. The van der Waals surface area contributed by atoms with Gasteiger partial charge >= 0.3 is 43.7 Å². The summed E-state index contributed by atoms with van der Waals surface area (Å²) >= 11 is 0. The first-order chi connectivity index (χ1) is 8.13. The van der Waals surface area contributed by atoms with Crippen molar-refractivity contribution in [1.82, 2.24) is 5.32 Å². The molecule has 0 aliphatic carbocycles. The number of rotatable bonds is 6. The van der Waals surface area contributed by atoms with Gasteiger partial charge in [-0.2, -0.15) is 0 Å². The molecule has 1 aromatic carbocycles. The molecule has 1 rings (SSSR count). The van der Waals surface area contributed by atoms with Crippen LogP contribution in [0.5, 0.6) is 5.75 Å². The normalized spacial score (nSPS) is 11.3. The molecular formula is C13H19CaNO3. The molecule has 0 saturated heterocycles. The van der Waals surface area contributed by atoms with Gasteiger partial charge in [-0.15, -0.1) is 0 Å². The van der Waals surface area contributed by atoms with Crippen molar-refractivity contribution in [3.8, 4) is 5.75 Å². The quantitative estimate of drug-likeness (QED) is 0.372. The molecule has 96 valence electrons. The molecule has 0 aliphatic rings. The average molecular weight is 277 g/mol. The summed E-state index contributed by atoms with van der Waals surface area (Å²) in [6.45, 7) is 3.96. The fraction of sp³-hybridized carbons (Fsp3) is 0.385. The van der Waals surface area contributed by atoms with Gasteiger partial charge in [0.2, 0.25) is 6.41 Å². The van der Waals surface area contributed by atoms with E-state index in [-0.39, 0.29) is 40.6 Å². The minimum Gasteiger partial charge on any atom is -1.00 e. The molecule has 0 heterocycles. The Bertz CT molecular complexity index is 377. The number of hydrogen-bond donors (Lipinski definition) is 1. The first kappa shape index (κ1) is 17.4. The number of carbonyl (C=O) groups excluding carboxylic acids is 2. The second kappa shape index (κ2) is 9.36. The van der Waals surface area contributed by atoms with Crippen LogP contribution in [0.1, 0.15) is 23.1 Å². The van der Waals surface area contributed by atoms with Crippen LogP contribution in [-0.4, -0.2) is 56.2 Å². The summed E-state index contributed by atoms with van der Waals surface area (Å²) in [6.07, 6.45) is 1.09. The van der Waals surface area contributed by atoms with Crippen molar-refractivity contribution < 1.29 is 17.2 Å². The molecule has 0 fully saturated rings. The molecule has 5 heteroatoms. The van der Waals surface area contributed by atoms with Crippen LogP contribution in [0.15, 0.2) is 30.3 Å². The summed E-state index contributed by atoms with van der Waals surface area (Å²) in [7, 11) is 0. The maximum atomic E-state index is 11.8. The summed E-state index contributed by atoms with van der Waals surface area (Å²) in [5.41, 5.74) is 0. The molecule has 0 aromatic heterocycles. The molecule has 1 aromatic rings. The fourth-order valence-corrected chi connectivity index (χ4v) is 1.46. The smallest absolute Gasteiger partial charge is 1.00 e. The third-order valence-electron chi connectivity index (χ3n) is 2.22. The molecule has 0 spiro atoms. The summed E-state index contributed by atoms with van der Waals surface area (Å²) in [6, 6.07) is 8.22. The Morgan fingerprint density at radius 3 is 2.50 bits per heavy atom. The molecule has 18 heavy (non-hydrogen) atoms. The van der Waals surface area contributed by atoms with Crippen LogP contribution in [-0.2, 0) is 9.59 Å². The average Bonchev–Trinajstić information content (AvgIpc) is 2.29. The van der Waals surface area contributed by atoms with E-state index in [1.807, 2.05) is 19.9 Å². The minimum atomic E-state index is -0.590. The van der Waals surface area contributed by atoms with Gasteiger partial charge in [0.1, 0.15) is 11.8 Å². The van der Waals surface area contributed by atoms with E-state index in [2.05, 4.69) is 5.32 Å². The third kappa shape index (κ3) is 6.38. The Hall–Kier alpha value is -0.580. The van der Waals surface area contributed by atoms with Gasteiger partial charge in [0.15, 0.2) is 0 Å². The van der Waals surface area contributed by atoms with Gasteiger partial charge in [0.25, 0.3) is 0 Å². The van der Waals surface area contributed by atoms with Gasteiger partial charge in [-0.1, -0.05) is 32.0 Å². The van der Waals surface area contributed by atoms with E-state index >= 15 is 0 Å². The molecule has 0 radical (unpaired) electrons. The van der Waals surface area contributed by atoms with Crippen molar-refractivity contribution in [3.05, 3.63) is 30.3 Å². The van der Waals surface area contributed by atoms with Gasteiger partial charge in [0.05, 0.1) is 0 Å². The Morgan fingerprint density at radius 1 is 1.39 bits per heavy atom. The summed E-state index contributed by atoms with van der Waals surface area (Å²) in [5.74, 6) is 0.353. The van der Waals surface area contributed by atoms with Crippen LogP contribution < -0.4 is 10.1 Å². The topological polar surface area (TPSA) is 55.4 Å². The zero-order chi connectivity index (χ0) is 12.7. The number of nitrogens with one attached hydrogen (secondary N) is 1. The van der Waals surface area contributed by atoms with E-state index in [4.69, 9.17) is 4.74 Å². The Morgan fingerprint density at radius 2 is 2.00 bits per heavy atom. The zero-order valence-electron chi connectivity index (χ0n) is 12.8. The molecule has 4 nitrogen and oxygen atoms in total. The molecule has 0 saturated carbocycles. The van der Waals surface area contributed by atoms with E-state index in [9.17, 15) is 9.59 Å². The van der Waals surface area contributed by atoms with Gasteiger partial charge in [0, 0.05) is 0 Å². The Balaban J connectivity index is -0.000000963. The van der Waals surface area contributed by atoms with Gasteiger partial charge in [-0.3, -0.25) is 4.79 Å². The van der Waals surface area contributed by atoms with Crippen molar-refractivity contribution in [1.29, 1.82) is 0 Å². The van der Waals surface area contributed by atoms with Crippen molar-refractivity contribution in [2.75, 3.05) is 0 Å². The van der Waals surface area contributed by atoms with E-state index in [0.717, 1.165) is 0 Å². The van der Waals surface area contributed by atoms with Crippen LogP contribution in [0.2, 0.25) is 0 Å². The summed E-state index contributed by atoms with van der Waals surface area (Å²) < 4.78 is 5.17. The first-order valence-corrected chi connectivity index (χ1v) is 5.60. The molecule has 1 atom stereocenters. The van der Waals surface area contributed by atoms with Crippen molar-refractivity contribution in [3.63, 3.8) is 0 Å². The van der Waals surface area contributed by atoms with Crippen LogP contribution in [0.4, 0.5) is 0 Å². The number of hydrogen-bond acceptors (Lipinski definition) is 3. The number of ether oxygens (including phenoxy) is 1. The zero-order valence-corrected chi connectivity index (χ0v) is 13.0. The Kier molecular flexibility index (Phi) is 9.06. The largest absolute Gasteiger partial charge is 2.00 e. The Labute approximate surface area is 140 Å². The van der Waals surface area contributed by atoms with Gasteiger partial charge in [-0.25, -0.2) is 4.79 Å². The fourth-order valence-electron chi connectivity index (χ4n) is 1.46. The number of amides is 1. The second-order valence-corrected chi connectivity index (χ2v) is 4.20. The first-order valence-electron chi connectivity index (χ1n) is 5.60. The van der Waals surface area contributed by atoms with Crippen LogP contribution in [0.25, 0.3) is 0 Å². The van der Waals surface area contributed by atoms with Crippen molar-refractivity contribution in [2.45, 2.75) is 26.3 Å². The molecule has 1 N–H and O–H groups in total. The maximum Gasteiger partial charge on any atom is 2.00 e. The number of esters is 1. The minimum absolute atomic E-state index is 0. The molecule has 1 amide bonds. The van der Waals surface area contributed by atoms with Crippen LogP contribution in [0, 0.1) is 5.92 Å². The van der Waals surface area contributed by atoms with Crippen molar-refractivity contribution in [2.24, 2.45) is 5.92 Å². The van der Waals surface area contributed by atoms with E-state index in [1.165, 1.54) is 0 Å². The van der Waals surface area contributed by atoms with Crippen LogP contribution >= 0.6 is 0 Å². The van der Waals surface area contributed by atoms with Gasteiger partial charge in [-0.05, 0) is 24.5 Å².